The smallest absolute Gasteiger partial charge is 0.243 e. The zero-order chi connectivity index (χ0) is 9.68. The summed E-state index contributed by atoms with van der Waals surface area (Å²) >= 11 is 0. The number of hydrogen-bond acceptors (Lipinski definition) is 3. The van der Waals surface area contributed by atoms with Gasteiger partial charge in [-0.3, -0.25) is 4.79 Å². The molecule has 0 bridgehead atoms. The molecule has 1 heterocycles. The summed E-state index contributed by atoms with van der Waals surface area (Å²) in [4.78, 5) is 12.4. The predicted molar refractivity (Wildman–Crippen MR) is 47.7 cm³/mol. The SMILES string of the molecule is C/C=C/C(=O)NCc1cnn(C)n1. The van der Waals surface area contributed by atoms with Gasteiger partial charge in [0.25, 0.3) is 0 Å². The zero-order valence-corrected chi connectivity index (χ0v) is 7.69. The maximum atomic E-state index is 11.0. The lowest BCUT2D eigenvalue weighted by Crippen LogP contribution is -2.20. The van der Waals surface area contributed by atoms with E-state index in [4.69, 9.17) is 0 Å². The van der Waals surface area contributed by atoms with Gasteiger partial charge in [-0.2, -0.15) is 15.0 Å². The maximum Gasteiger partial charge on any atom is 0.243 e. The van der Waals surface area contributed by atoms with Crippen molar-refractivity contribution in [3.63, 3.8) is 0 Å². The van der Waals surface area contributed by atoms with Crippen molar-refractivity contribution in [3.8, 4) is 0 Å². The molecule has 1 rings (SSSR count). The monoisotopic (exact) mass is 180 g/mol. The highest BCUT2D eigenvalue weighted by Crippen LogP contribution is 1.88. The van der Waals surface area contributed by atoms with Crippen LogP contribution in [0.3, 0.4) is 0 Å². The molecular weight excluding hydrogens is 168 g/mol. The van der Waals surface area contributed by atoms with Crippen molar-refractivity contribution in [2.24, 2.45) is 7.05 Å². The first-order chi connectivity index (χ1) is 6.22. The third kappa shape index (κ3) is 3.06. The van der Waals surface area contributed by atoms with Gasteiger partial charge in [-0.05, 0) is 13.0 Å². The standard InChI is InChI=1S/C8H12N4O/c1-3-4-8(13)9-5-7-6-10-12(2)11-7/h3-4,6H,5H2,1-2H3,(H,9,13)/b4-3+. The summed E-state index contributed by atoms with van der Waals surface area (Å²) in [5.74, 6) is -0.117. The van der Waals surface area contributed by atoms with E-state index in [2.05, 4.69) is 15.5 Å². The predicted octanol–water partition coefficient (Wildman–Crippen LogP) is 0.00740. The molecule has 13 heavy (non-hydrogen) atoms. The molecule has 0 aromatic carbocycles. The fourth-order valence-corrected chi connectivity index (χ4v) is 0.857. The average Bonchev–Trinajstić information content (AvgIpc) is 2.49. The fraction of sp³-hybridized carbons (Fsp3) is 0.375. The van der Waals surface area contributed by atoms with Crippen LogP contribution in [0.4, 0.5) is 0 Å². The Bertz CT molecular complexity index is 316. The molecule has 0 atom stereocenters. The van der Waals surface area contributed by atoms with Gasteiger partial charge >= 0.3 is 0 Å². The third-order valence-corrected chi connectivity index (χ3v) is 1.41. The van der Waals surface area contributed by atoms with Gasteiger partial charge in [0, 0.05) is 7.05 Å². The van der Waals surface area contributed by atoms with Crippen LogP contribution in [0.1, 0.15) is 12.6 Å². The summed E-state index contributed by atoms with van der Waals surface area (Å²) in [6.07, 6.45) is 4.78. The highest BCUT2D eigenvalue weighted by Gasteiger charge is 1.98. The molecule has 0 saturated heterocycles. The number of nitrogens with zero attached hydrogens (tertiary/aromatic N) is 3. The average molecular weight is 180 g/mol. The van der Waals surface area contributed by atoms with Crippen molar-refractivity contribution in [1.29, 1.82) is 0 Å². The topological polar surface area (TPSA) is 59.8 Å². The highest BCUT2D eigenvalue weighted by molar-refractivity contribution is 5.87. The van der Waals surface area contributed by atoms with Crippen molar-refractivity contribution in [3.05, 3.63) is 24.0 Å². The first-order valence-electron chi connectivity index (χ1n) is 3.98. The van der Waals surface area contributed by atoms with Gasteiger partial charge in [-0.15, -0.1) is 0 Å². The highest BCUT2D eigenvalue weighted by atomic mass is 16.1. The number of allylic oxidation sites excluding steroid dienone is 1. The molecule has 5 nitrogen and oxygen atoms in total. The number of rotatable bonds is 3. The van der Waals surface area contributed by atoms with Gasteiger partial charge < -0.3 is 5.32 Å². The van der Waals surface area contributed by atoms with Crippen LogP contribution < -0.4 is 5.32 Å². The largest absolute Gasteiger partial charge is 0.347 e. The second-order valence-electron chi connectivity index (χ2n) is 2.54. The lowest BCUT2D eigenvalue weighted by molar-refractivity contribution is -0.116. The molecule has 0 aliphatic rings. The van der Waals surface area contributed by atoms with Crippen molar-refractivity contribution in [2.45, 2.75) is 13.5 Å². The molecule has 0 aliphatic heterocycles. The van der Waals surface area contributed by atoms with Crippen molar-refractivity contribution in [1.82, 2.24) is 20.3 Å². The van der Waals surface area contributed by atoms with Crippen LogP contribution in [0.5, 0.6) is 0 Å². The van der Waals surface area contributed by atoms with E-state index in [0.29, 0.717) is 6.54 Å². The second kappa shape index (κ2) is 4.39. The number of aryl methyl sites for hydroxylation is 1. The van der Waals surface area contributed by atoms with Crippen molar-refractivity contribution in [2.75, 3.05) is 0 Å². The van der Waals surface area contributed by atoms with E-state index in [9.17, 15) is 4.79 Å². The second-order valence-corrected chi connectivity index (χ2v) is 2.54. The molecule has 0 unspecified atom stereocenters. The van der Waals surface area contributed by atoms with Crippen LogP contribution in [0.2, 0.25) is 0 Å². The van der Waals surface area contributed by atoms with Crippen LogP contribution in [0.25, 0.3) is 0 Å². The van der Waals surface area contributed by atoms with Gasteiger partial charge in [0.15, 0.2) is 0 Å². The molecule has 0 aliphatic carbocycles. The van der Waals surface area contributed by atoms with Crippen LogP contribution in [-0.2, 0) is 18.4 Å². The summed E-state index contributed by atoms with van der Waals surface area (Å²) in [5.41, 5.74) is 0.750. The van der Waals surface area contributed by atoms with E-state index in [1.807, 2.05) is 0 Å². The van der Waals surface area contributed by atoms with Crippen LogP contribution in [-0.4, -0.2) is 20.9 Å². The van der Waals surface area contributed by atoms with Gasteiger partial charge in [0.2, 0.25) is 5.91 Å². The Kier molecular flexibility index (Phi) is 3.19. The van der Waals surface area contributed by atoms with E-state index in [-0.39, 0.29) is 5.91 Å². The molecule has 1 aromatic heterocycles. The van der Waals surface area contributed by atoms with Crippen molar-refractivity contribution >= 4 is 5.91 Å². The third-order valence-electron chi connectivity index (χ3n) is 1.41. The lowest BCUT2D eigenvalue weighted by atomic mass is 10.4. The van der Waals surface area contributed by atoms with Gasteiger partial charge in [0.1, 0.15) is 5.69 Å². The van der Waals surface area contributed by atoms with Gasteiger partial charge in [-0.1, -0.05) is 6.08 Å². The molecule has 1 amide bonds. The molecule has 0 radical (unpaired) electrons. The Morgan fingerprint density at radius 3 is 3.08 bits per heavy atom. The molecule has 1 aromatic rings. The number of nitrogens with one attached hydrogen (secondary N) is 1. The minimum absolute atomic E-state index is 0.117. The summed E-state index contributed by atoms with van der Waals surface area (Å²) in [7, 11) is 1.73. The quantitative estimate of drug-likeness (QED) is 0.666. The van der Waals surface area contributed by atoms with E-state index in [1.165, 1.54) is 10.9 Å². The minimum Gasteiger partial charge on any atom is -0.347 e. The first-order valence-corrected chi connectivity index (χ1v) is 3.98. The van der Waals surface area contributed by atoms with Crippen LogP contribution in [0.15, 0.2) is 18.3 Å². The molecule has 0 saturated carbocycles. The summed E-state index contributed by atoms with van der Waals surface area (Å²) in [6, 6.07) is 0. The number of amides is 1. The molecule has 1 N–H and O–H groups in total. The minimum atomic E-state index is -0.117. The van der Waals surface area contributed by atoms with E-state index < -0.39 is 0 Å². The molecule has 70 valence electrons. The Labute approximate surface area is 76.4 Å². The summed E-state index contributed by atoms with van der Waals surface area (Å²) < 4.78 is 0. The van der Waals surface area contributed by atoms with Crippen molar-refractivity contribution < 1.29 is 4.79 Å². The van der Waals surface area contributed by atoms with E-state index in [0.717, 1.165) is 5.69 Å². The zero-order valence-electron chi connectivity index (χ0n) is 7.69. The molecule has 0 fully saturated rings. The van der Waals surface area contributed by atoms with E-state index >= 15 is 0 Å². The maximum absolute atomic E-state index is 11.0. The number of aromatic nitrogens is 3. The Morgan fingerprint density at radius 2 is 2.54 bits per heavy atom. The Balaban J connectivity index is 2.39. The van der Waals surface area contributed by atoms with Gasteiger partial charge in [0.05, 0.1) is 12.7 Å². The first kappa shape index (κ1) is 9.44. The Morgan fingerprint density at radius 1 is 1.77 bits per heavy atom. The molecular formula is C8H12N4O. The van der Waals surface area contributed by atoms with Crippen LogP contribution in [0, 0.1) is 0 Å². The lowest BCUT2D eigenvalue weighted by Gasteiger charge is -1.96. The number of carbonyl (C=O) groups is 1. The normalized spacial score (nSPS) is 10.6. The Hall–Kier alpha value is -1.65. The fourth-order valence-electron chi connectivity index (χ4n) is 0.857. The number of hydrogen-bond donors (Lipinski definition) is 1. The van der Waals surface area contributed by atoms with Crippen LogP contribution >= 0.6 is 0 Å². The summed E-state index contributed by atoms with van der Waals surface area (Å²) in [6.45, 7) is 2.21. The molecule has 0 spiro atoms. The van der Waals surface area contributed by atoms with E-state index in [1.54, 1.807) is 26.2 Å². The van der Waals surface area contributed by atoms with Gasteiger partial charge in [-0.25, -0.2) is 0 Å². The number of carbonyl (C=O) groups excluding carboxylic acids is 1. The molecule has 5 heteroatoms. The summed E-state index contributed by atoms with van der Waals surface area (Å²) in [5, 5.41) is 10.6.